The van der Waals surface area contributed by atoms with E-state index in [-0.39, 0.29) is 112 Å². The van der Waals surface area contributed by atoms with Gasteiger partial charge in [-0.3, -0.25) is 28.8 Å². The first-order valence-corrected chi connectivity index (χ1v) is 46.5. The quantitative estimate of drug-likeness (QED) is 0.00595. The number of nitrogens with zero attached hydrogens (tertiary/aromatic N) is 10. The van der Waals surface area contributed by atoms with Gasteiger partial charge >= 0.3 is 5.97 Å². The van der Waals surface area contributed by atoms with Crippen molar-refractivity contribution in [3.63, 3.8) is 0 Å². The van der Waals surface area contributed by atoms with Gasteiger partial charge in [-0.25, -0.2) is 24.1 Å². The monoisotopic (exact) mass is 1830 g/mol. The van der Waals surface area contributed by atoms with Crippen molar-refractivity contribution in [3.8, 4) is 11.3 Å². The lowest BCUT2D eigenvalue weighted by molar-refractivity contribution is -0.265. The highest BCUT2D eigenvalue weighted by molar-refractivity contribution is 6.39. The zero-order valence-corrected chi connectivity index (χ0v) is 78.6. The van der Waals surface area contributed by atoms with Crippen LogP contribution in [-0.4, -0.2) is 281 Å². The van der Waals surface area contributed by atoms with Gasteiger partial charge in [0, 0.05) is 109 Å². The average Bonchev–Trinajstić information content (AvgIpc) is 1.57. The molecule has 726 valence electrons. The number of fused-ring (bicyclic) bond motifs is 5. The first kappa shape index (κ1) is 105. The summed E-state index contributed by atoms with van der Waals surface area (Å²) >= 11 is 0. The number of nitrogen functional groups attached to an aromatic ring is 2. The number of oxazole rings is 1. The van der Waals surface area contributed by atoms with Crippen molar-refractivity contribution in [1.82, 2.24) is 60.6 Å². The number of Topliss-reactive ketones (excluding diaryl/α,β-unsaturated/α-hetero) is 2. The van der Waals surface area contributed by atoms with Crippen LogP contribution in [0.1, 0.15) is 197 Å². The number of nitrogens with two attached hydrogens (primary N) is 2. The van der Waals surface area contributed by atoms with Crippen molar-refractivity contribution in [2.24, 2.45) is 40.7 Å². The van der Waals surface area contributed by atoms with E-state index in [0.717, 1.165) is 29.7 Å². The summed E-state index contributed by atoms with van der Waals surface area (Å²) in [5, 5.41) is 63.2. The number of ketones is 2. The summed E-state index contributed by atoms with van der Waals surface area (Å²) in [6.45, 7) is 23.8. The van der Waals surface area contributed by atoms with Crippen molar-refractivity contribution in [3.05, 3.63) is 84.0 Å². The van der Waals surface area contributed by atoms with E-state index >= 15 is 4.79 Å². The second kappa shape index (κ2) is 53.5. The number of unbranched alkanes of at least 4 members (excludes halogenated alkanes) is 1. The number of nitrogens with one attached hydrogen (secondary N) is 3. The van der Waals surface area contributed by atoms with Crippen LogP contribution in [0.3, 0.4) is 0 Å². The molecule has 0 spiro atoms. The number of allylic oxidation sites excluding steroid dienone is 6. The fraction of sp³-hybridized carbons (Fsp3) is 0.681. The fourth-order valence-electron chi connectivity index (χ4n) is 16.8. The molecule has 37 heteroatoms. The fourth-order valence-corrected chi connectivity index (χ4v) is 16.8. The first-order valence-electron chi connectivity index (χ1n) is 46.5. The molecule has 1 aliphatic carbocycles. The topological polar surface area (TPSA) is 486 Å². The largest absolute Gasteiger partial charge is 0.460 e. The Morgan fingerprint density at radius 2 is 1.40 bits per heavy atom. The maximum absolute atomic E-state index is 15.1. The molecule has 5 aromatic rings. The molecule has 4 amide bonds. The summed E-state index contributed by atoms with van der Waals surface area (Å²) in [7, 11) is 3.24. The van der Waals surface area contributed by atoms with Crippen LogP contribution in [0.4, 0.5) is 11.8 Å². The van der Waals surface area contributed by atoms with Crippen LogP contribution >= 0.6 is 0 Å². The molecule has 15 atom stereocenters. The van der Waals surface area contributed by atoms with Gasteiger partial charge in [0.15, 0.2) is 17.0 Å². The number of cyclic esters (lactones) is 1. The molecule has 0 unspecified atom stereocenters. The van der Waals surface area contributed by atoms with Crippen LogP contribution in [-0.2, 0) is 98.7 Å². The maximum Gasteiger partial charge on any atom is 0.329 e. The standard InChI is InChI=1S/C94H143N15O22/c1-60-21-14-13-15-22-61(2)76(120-11)56-70-29-26-66(7)94(119,130-70)87(116)90(117)107-37-18-16-24-74(107)91(118)128-77(57-71(105-131-93(8,9)10)62(3)52-65(6)85(114)86(115)84(113)64(5)51-60)63(4)53-67-27-30-73(78(54-67)121-12)109-58-69(103-106-109)23-20-25-79(110)98-35-41-124-45-49-127-48-44-123-40-33-81(112)99-36-42-125-46-50-126-47-43-122-39-32-80(111)97-34-17-19-38-108-89-82(88(95)100-59-101-89)83(104-108)68-28-31-75-72(55-68)102-92(96)129-75/h13-15,21-22,28,31,52,55,58-60,62-64,66-67,70,73-74,76-78,85-86,114-115,119H,16-20,23-27,29-30,32-51,53-54,56-57H2,1-12H3,(H2,96,102)(H,97,111)(H,98,110)(H,99,112)(H2,95,100,101)/b15-13+,21-14+,61-22+,65-52+,105-71-/t60-,62-,63-,64-,66-,67+,70+,73+,74+,76+,77+,78-,85-,86+,94-/m1/s1. The lowest BCUT2D eigenvalue weighted by Crippen LogP contribution is -2.61. The predicted molar refractivity (Wildman–Crippen MR) is 489 cm³/mol. The van der Waals surface area contributed by atoms with Crippen molar-refractivity contribution < 1.29 is 106 Å². The molecule has 131 heavy (non-hydrogen) atoms. The Hall–Kier alpha value is -9.38. The number of aliphatic hydroxyl groups excluding tert-OH is 2. The number of carbonyl (C=O) groups excluding carboxylic acids is 7. The number of methoxy groups -OCH3 is 2. The molecular formula is C94H143N15O22. The highest BCUT2D eigenvalue weighted by atomic mass is 16.7. The van der Waals surface area contributed by atoms with Gasteiger partial charge in [-0.1, -0.05) is 81.4 Å². The number of aryl methyl sites for hydroxylation is 2. The predicted octanol–water partition coefficient (Wildman–Crippen LogP) is 8.74. The number of aromatic nitrogens is 8. The molecule has 4 aromatic heterocycles. The van der Waals surface area contributed by atoms with Crippen LogP contribution < -0.4 is 27.4 Å². The lowest BCUT2D eigenvalue weighted by atomic mass is 9.77. The summed E-state index contributed by atoms with van der Waals surface area (Å²) in [5.74, 6) is -8.27. The van der Waals surface area contributed by atoms with Gasteiger partial charge < -0.3 is 104 Å². The van der Waals surface area contributed by atoms with Crippen molar-refractivity contribution >= 4 is 80.8 Å². The Bertz CT molecular complexity index is 4620. The minimum atomic E-state index is -2.48. The minimum Gasteiger partial charge on any atom is -0.460 e. The zero-order valence-electron chi connectivity index (χ0n) is 78.6. The number of oxime groups is 1. The average molecular weight is 1840 g/mol. The molecule has 9 rings (SSSR count). The van der Waals surface area contributed by atoms with Crippen LogP contribution in [0.15, 0.2) is 87.9 Å². The highest BCUT2D eigenvalue weighted by Gasteiger charge is 2.53. The van der Waals surface area contributed by atoms with Gasteiger partial charge in [-0.15, -0.1) is 5.10 Å². The molecule has 3 fully saturated rings. The second-order valence-electron chi connectivity index (χ2n) is 35.9. The number of hydrogen-bond acceptors (Lipinski definition) is 31. The van der Waals surface area contributed by atoms with Crippen LogP contribution in [0.25, 0.3) is 33.4 Å². The normalized spacial score (nSPS) is 26.4. The van der Waals surface area contributed by atoms with Crippen molar-refractivity contribution in [1.29, 1.82) is 0 Å². The Morgan fingerprint density at radius 3 is 2.07 bits per heavy atom. The number of hydrogen-bond donors (Lipinski definition) is 8. The van der Waals surface area contributed by atoms with E-state index in [9.17, 15) is 44.1 Å². The Kier molecular flexibility index (Phi) is 43.0. The van der Waals surface area contributed by atoms with Gasteiger partial charge in [0.25, 0.3) is 17.7 Å². The third kappa shape index (κ3) is 33.0. The smallest absolute Gasteiger partial charge is 0.329 e. The zero-order chi connectivity index (χ0) is 94.6. The highest BCUT2D eigenvalue weighted by Crippen LogP contribution is 2.41. The van der Waals surface area contributed by atoms with E-state index in [0.29, 0.717) is 208 Å². The number of rotatable bonds is 41. The van der Waals surface area contributed by atoms with Gasteiger partial charge in [0.05, 0.1) is 120 Å². The molecule has 10 N–H and O–H groups in total. The molecular weight excluding hydrogens is 1690 g/mol. The summed E-state index contributed by atoms with van der Waals surface area (Å²) in [6.07, 6.45) is 17.6. The lowest BCUT2D eigenvalue weighted by Gasteiger charge is -2.42. The van der Waals surface area contributed by atoms with E-state index < -0.39 is 89.1 Å². The number of anilines is 2. The van der Waals surface area contributed by atoms with Gasteiger partial charge in [0.2, 0.25) is 23.5 Å². The van der Waals surface area contributed by atoms with E-state index in [1.54, 1.807) is 51.8 Å². The molecule has 2 saturated heterocycles. The SMILES string of the molecule is CO[C@H]1C[C@@H]2CC[C@@H](C)[C@@](O)(O2)C(=O)C(=O)N2CCCC[C@H]2C(=O)O[C@H]([C@H](C)C[C@@H]2CC[C@H](n3cc(CCCC(=O)NCCOCCOCCOCCC(=O)NCCOCCOCCOCCC(=O)NCCCCn4nc(-c5ccc6oc(N)nc6c5)c5c(N)ncnc54)nn3)[C@H](OC)C2)C/C(=N/OC(C)(C)C)[C@H](C)/C=C(\C)[C@@H](O)[C@@H](O)C(=O)[C@H](C)C[C@H](C)/C=C/C=C/C=C/1C. The molecule has 3 aliphatic heterocycles. The molecule has 37 nitrogen and oxygen atoms in total. The Labute approximate surface area is 768 Å². The van der Waals surface area contributed by atoms with Gasteiger partial charge in [0.1, 0.15) is 53.3 Å². The number of esters is 1. The molecule has 0 radical (unpaired) electrons. The number of amides is 4. The third-order valence-corrected chi connectivity index (χ3v) is 24.4. The number of ether oxygens (including phenoxy) is 10. The van der Waals surface area contributed by atoms with Crippen LogP contribution in [0.2, 0.25) is 0 Å². The Balaban J connectivity index is 0.631. The molecule has 2 bridgehead atoms. The summed E-state index contributed by atoms with van der Waals surface area (Å²) in [5.41, 5.74) is 16.8. The van der Waals surface area contributed by atoms with E-state index in [2.05, 4.69) is 41.2 Å². The van der Waals surface area contributed by atoms with Gasteiger partial charge in [-0.2, -0.15) is 10.1 Å². The number of carbonyl (C=O) groups is 7. The summed E-state index contributed by atoms with van der Waals surface area (Å²) < 4.78 is 67.6. The van der Waals surface area contributed by atoms with Crippen molar-refractivity contribution in [2.75, 3.05) is 131 Å². The van der Waals surface area contributed by atoms with Gasteiger partial charge in [-0.05, 0) is 172 Å². The number of piperidine rings is 1. The van der Waals surface area contributed by atoms with E-state index in [1.807, 2.05) is 102 Å². The van der Waals surface area contributed by atoms with E-state index in [1.165, 1.54) is 11.2 Å². The second-order valence-corrected chi connectivity index (χ2v) is 35.9. The molecule has 1 aromatic carbocycles. The number of aliphatic hydroxyl groups is 3. The third-order valence-electron chi connectivity index (χ3n) is 24.4. The molecule has 1 saturated carbocycles. The van der Waals surface area contributed by atoms with Crippen LogP contribution in [0, 0.1) is 35.5 Å². The first-order chi connectivity index (χ1) is 62.8. The van der Waals surface area contributed by atoms with E-state index in [4.69, 9.17) is 78.3 Å². The number of benzene rings is 1. The summed E-state index contributed by atoms with van der Waals surface area (Å²) in [6, 6.07) is 4.21. The molecule has 7 heterocycles. The summed E-state index contributed by atoms with van der Waals surface area (Å²) in [4.78, 5) is 116. The maximum atomic E-state index is 15.1. The van der Waals surface area contributed by atoms with Crippen LogP contribution in [0.5, 0.6) is 0 Å². The minimum absolute atomic E-state index is 0.0323. The molecule has 4 aliphatic rings. The Morgan fingerprint density at radius 1 is 0.733 bits per heavy atom. The van der Waals surface area contributed by atoms with Crippen molar-refractivity contribution in [2.45, 2.75) is 258 Å².